The lowest BCUT2D eigenvalue weighted by Gasteiger charge is -2.24. The van der Waals surface area contributed by atoms with Crippen LogP contribution in [0.15, 0.2) is 42.5 Å². The van der Waals surface area contributed by atoms with E-state index in [2.05, 4.69) is 50.4 Å². The summed E-state index contributed by atoms with van der Waals surface area (Å²) in [7, 11) is 0. The van der Waals surface area contributed by atoms with Gasteiger partial charge in [0.25, 0.3) is 5.91 Å². The Labute approximate surface area is 169 Å². The van der Waals surface area contributed by atoms with Crippen LogP contribution < -0.4 is 10.1 Å². The predicted molar refractivity (Wildman–Crippen MR) is 115 cm³/mol. The SMILES string of the molecule is CC[C@H](NC(=O)[C@H](C)Oc1ccccc1C(C)C)c1ccc2c(c1)CCCC2. The van der Waals surface area contributed by atoms with Crippen LogP contribution in [0.4, 0.5) is 0 Å². The lowest BCUT2D eigenvalue weighted by molar-refractivity contribution is -0.128. The minimum absolute atomic E-state index is 0.0196. The second-order valence-corrected chi connectivity index (χ2v) is 8.16. The van der Waals surface area contributed by atoms with Gasteiger partial charge in [0.15, 0.2) is 6.10 Å². The monoisotopic (exact) mass is 379 g/mol. The number of carbonyl (C=O) groups is 1. The number of carbonyl (C=O) groups excluding carboxylic acids is 1. The lowest BCUT2D eigenvalue weighted by Crippen LogP contribution is -2.38. The normalized spacial score (nSPS) is 15.6. The molecule has 1 aliphatic carbocycles. The molecule has 0 aliphatic heterocycles. The van der Waals surface area contributed by atoms with Crippen LogP contribution in [-0.4, -0.2) is 12.0 Å². The number of amides is 1. The van der Waals surface area contributed by atoms with E-state index in [0.29, 0.717) is 5.92 Å². The van der Waals surface area contributed by atoms with E-state index in [1.54, 1.807) is 0 Å². The molecule has 2 atom stereocenters. The highest BCUT2D eigenvalue weighted by Gasteiger charge is 2.21. The molecule has 1 aliphatic rings. The van der Waals surface area contributed by atoms with Crippen LogP contribution in [0, 0.1) is 0 Å². The molecule has 2 aromatic rings. The maximum absolute atomic E-state index is 12.8. The smallest absolute Gasteiger partial charge is 0.261 e. The second kappa shape index (κ2) is 9.27. The minimum atomic E-state index is -0.536. The molecule has 0 aromatic heterocycles. The number of hydrogen-bond donors (Lipinski definition) is 1. The largest absolute Gasteiger partial charge is 0.481 e. The van der Waals surface area contributed by atoms with E-state index in [1.165, 1.54) is 36.0 Å². The summed E-state index contributed by atoms with van der Waals surface area (Å²) in [5, 5.41) is 3.19. The zero-order chi connectivity index (χ0) is 20.1. The van der Waals surface area contributed by atoms with E-state index >= 15 is 0 Å². The molecule has 0 fully saturated rings. The number of fused-ring (bicyclic) bond motifs is 1. The van der Waals surface area contributed by atoms with Crippen molar-refractivity contribution < 1.29 is 9.53 Å². The van der Waals surface area contributed by atoms with E-state index in [9.17, 15) is 4.79 Å². The highest BCUT2D eigenvalue weighted by molar-refractivity contribution is 5.81. The highest BCUT2D eigenvalue weighted by atomic mass is 16.5. The molecule has 0 spiro atoms. The topological polar surface area (TPSA) is 38.3 Å². The van der Waals surface area contributed by atoms with Crippen LogP contribution in [0.25, 0.3) is 0 Å². The molecule has 0 bridgehead atoms. The average molecular weight is 380 g/mol. The number of benzene rings is 2. The van der Waals surface area contributed by atoms with Crippen LogP contribution in [0.3, 0.4) is 0 Å². The molecule has 0 unspecified atom stereocenters. The number of aryl methyl sites for hydroxylation is 2. The number of nitrogens with one attached hydrogen (secondary N) is 1. The molecule has 3 heteroatoms. The minimum Gasteiger partial charge on any atom is -0.481 e. The maximum atomic E-state index is 12.8. The molecule has 28 heavy (non-hydrogen) atoms. The maximum Gasteiger partial charge on any atom is 0.261 e. The van der Waals surface area contributed by atoms with Crippen molar-refractivity contribution in [2.24, 2.45) is 0 Å². The van der Waals surface area contributed by atoms with Gasteiger partial charge in [0.05, 0.1) is 6.04 Å². The fourth-order valence-electron chi connectivity index (χ4n) is 3.99. The Kier molecular flexibility index (Phi) is 6.77. The van der Waals surface area contributed by atoms with E-state index in [1.807, 2.05) is 25.1 Å². The molecule has 0 saturated carbocycles. The van der Waals surface area contributed by atoms with Gasteiger partial charge in [-0.1, -0.05) is 57.2 Å². The van der Waals surface area contributed by atoms with Crippen molar-refractivity contribution in [3.63, 3.8) is 0 Å². The summed E-state index contributed by atoms with van der Waals surface area (Å²) in [5.41, 5.74) is 5.25. The third-order valence-electron chi connectivity index (χ3n) is 5.71. The summed E-state index contributed by atoms with van der Waals surface area (Å²) in [6.07, 6.45) is 5.21. The fourth-order valence-corrected chi connectivity index (χ4v) is 3.99. The summed E-state index contributed by atoms with van der Waals surface area (Å²) >= 11 is 0. The van der Waals surface area contributed by atoms with Gasteiger partial charge in [-0.25, -0.2) is 0 Å². The van der Waals surface area contributed by atoms with Gasteiger partial charge >= 0.3 is 0 Å². The van der Waals surface area contributed by atoms with Crippen molar-refractivity contribution >= 4 is 5.91 Å². The van der Waals surface area contributed by atoms with Crippen LogP contribution in [0.2, 0.25) is 0 Å². The quantitative estimate of drug-likeness (QED) is 0.668. The Morgan fingerprint density at radius 2 is 1.75 bits per heavy atom. The van der Waals surface area contributed by atoms with Crippen LogP contribution in [0.1, 0.15) is 81.2 Å². The first-order valence-electron chi connectivity index (χ1n) is 10.7. The predicted octanol–water partition coefficient (Wildman–Crippen LogP) is 5.72. The molecule has 150 valence electrons. The van der Waals surface area contributed by atoms with Crippen molar-refractivity contribution in [3.8, 4) is 5.75 Å². The first-order valence-corrected chi connectivity index (χ1v) is 10.7. The van der Waals surface area contributed by atoms with Gasteiger partial charge in [-0.3, -0.25) is 4.79 Å². The molecular formula is C25H33NO2. The Bertz CT molecular complexity index is 812. The first kappa shape index (κ1) is 20.4. The van der Waals surface area contributed by atoms with Crippen LogP contribution in [-0.2, 0) is 17.6 Å². The van der Waals surface area contributed by atoms with Gasteiger partial charge < -0.3 is 10.1 Å². The van der Waals surface area contributed by atoms with E-state index in [-0.39, 0.29) is 11.9 Å². The molecular weight excluding hydrogens is 346 g/mol. The molecule has 3 nitrogen and oxygen atoms in total. The van der Waals surface area contributed by atoms with Gasteiger partial charge in [0.1, 0.15) is 5.75 Å². The first-order chi connectivity index (χ1) is 13.5. The van der Waals surface area contributed by atoms with Gasteiger partial charge in [-0.15, -0.1) is 0 Å². The van der Waals surface area contributed by atoms with Crippen molar-refractivity contribution in [2.45, 2.75) is 77.9 Å². The molecule has 3 rings (SSSR count). The third kappa shape index (κ3) is 4.76. The summed E-state index contributed by atoms with van der Waals surface area (Å²) < 4.78 is 6.03. The molecule has 0 radical (unpaired) electrons. The fraction of sp³-hybridized carbons (Fsp3) is 0.480. The molecule has 1 amide bonds. The van der Waals surface area contributed by atoms with Gasteiger partial charge in [0, 0.05) is 0 Å². The third-order valence-corrected chi connectivity index (χ3v) is 5.71. The summed E-state index contributed by atoms with van der Waals surface area (Å²) in [6.45, 7) is 8.21. The van der Waals surface area contributed by atoms with E-state index in [0.717, 1.165) is 24.2 Å². The molecule has 2 aromatic carbocycles. The van der Waals surface area contributed by atoms with Gasteiger partial charge in [-0.2, -0.15) is 0 Å². The number of ether oxygens (including phenoxy) is 1. The zero-order valence-corrected chi connectivity index (χ0v) is 17.6. The second-order valence-electron chi connectivity index (χ2n) is 8.16. The number of rotatable bonds is 7. The summed E-state index contributed by atoms with van der Waals surface area (Å²) in [4.78, 5) is 12.8. The Morgan fingerprint density at radius 1 is 1.04 bits per heavy atom. The summed E-state index contributed by atoms with van der Waals surface area (Å²) in [6, 6.07) is 14.7. The van der Waals surface area contributed by atoms with Crippen molar-refractivity contribution in [1.82, 2.24) is 5.32 Å². The molecule has 1 N–H and O–H groups in total. The lowest BCUT2D eigenvalue weighted by atomic mass is 9.89. The standard InChI is InChI=1S/C25H33NO2/c1-5-23(21-15-14-19-10-6-7-11-20(19)16-21)26-25(27)18(4)28-24-13-9-8-12-22(24)17(2)3/h8-9,12-18,23H,5-7,10-11H2,1-4H3,(H,26,27)/t18-,23-/m0/s1. The average Bonchev–Trinajstić information content (AvgIpc) is 2.71. The Morgan fingerprint density at radius 3 is 2.46 bits per heavy atom. The van der Waals surface area contributed by atoms with Crippen LogP contribution >= 0.6 is 0 Å². The van der Waals surface area contributed by atoms with E-state index < -0.39 is 6.10 Å². The Balaban J connectivity index is 1.68. The van der Waals surface area contributed by atoms with Gasteiger partial charge in [-0.05, 0) is 73.3 Å². The van der Waals surface area contributed by atoms with Crippen molar-refractivity contribution in [1.29, 1.82) is 0 Å². The van der Waals surface area contributed by atoms with Crippen molar-refractivity contribution in [2.75, 3.05) is 0 Å². The zero-order valence-electron chi connectivity index (χ0n) is 17.6. The molecule has 0 heterocycles. The highest BCUT2D eigenvalue weighted by Crippen LogP contribution is 2.28. The van der Waals surface area contributed by atoms with Crippen molar-refractivity contribution in [3.05, 3.63) is 64.7 Å². The number of hydrogen-bond acceptors (Lipinski definition) is 2. The van der Waals surface area contributed by atoms with Gasteiger partial charge in [0.2, 0.25) is 0 Å². The molecule has 0 saturated heterocycles. The summed E-state index contributed by atoms with van der Waals surface area (Å²) in [5.74, 6) is 1.08. The Hall–Kier alpha value is -2.29. The van der Waals surface area contributed by atoms with Crippen LogP contribution in [0.5, 0.6) is 5.75 Å². The van der Waals surface area contributed by atoms with E-state index in [4.69, 9.17) is 4.74 Å². The number of para-hydroxylation sites is 1.